The van der Waals surface area contributed by atoms with Crippen LogP contribution in [0.5, 0.6) is 0 Å². The summed E-state index contributed by atoms with van der Waals surface area (Å²) in [6.07, 6.45) is 4.09. The molecule has 0 aromatic heterocycles. The van der Waals surface area contributed by atoms with E-state index >= 15 is 0 Å². The maximum Gasteiger partial charge on any atom is 0.312 e. The molecule has 7 heteroatoms. The maximum atomic E-state index is 12.8. The number of rotatable bonds is 3. The number of hydrogen-bond acceptors (Lipinski definition) is 4. The number of carboxylic acids is 2. The Kier molecular flexibility index (Phi) is 6.27. The maximum absolute atomic E-state index is 12.8. The minimum absolute atomic E-state index is 0.0207. The molecule has 0 heterocycles. The van der Waals surface area contributed by atoms with Crippen LogP contribution in [0.15, 0.2) is 11.1 Å². The van der Waals surface area contributed by atoms with Gasteiger partial charge in [-0.15, -0.1) is 11.6 Å². The quantitative estimate of drug-likeness (QED) is 0.280. The molecule has 208 valence electrons. The van der Waals surface area contributed by atoms with Crippen LogP contribution >= 0.6 is 11.6 Å². The van der Waals surface area contributed by atoms with Crippen molar-refractivity contribution in [3.05, 3.63) is 11.1 Å². The van der Waals surface area contributed by atoms with E-state index < -0.39 is 40.4 Å². The summed E-state index contributed by atoms with van der Waals surface area (Å²) in [5.74, 6) is -1.43. The fraction of sp³-hybridized carbons (Fsp3) is 0.867. The summed E-state index contributed by atoms with van der Waals surface area (Å²) in [7, 11) is 0. The molecule has 10 atom stereocenters. The van der Waals surface area contributed by atoms with Gasteiger partial charge in [-0.2, -0.15) is 0 Å². The molecule has 5 rings (SSSR count). The van der Waals surface area contributed by atoms with E-state index in [1.807, 2.05) is 0 Å². The van der Waals surface area contributed by atoms with Crippen LogP contribution in [0.4, 0.5) is 0 Å². The van der Waals surface area contributed by atoms with Crippen molar-refractivity contribution in [2.45, 2.75) is 105 Å². The second-order valence-corrected chi connectivity index (χ2v) is 15.1. The van der Waals surface area contributed by atoms with Gasteiger partial charge in [0.25, 0.3) is 0 Å². The van der Waals surface area contributed by atoms with Gasteiger partial charge in [0, 0.05) is 5.88 Å². The molecule has 0 bridgehead atoms. The number of allylic oxidation sites excluding steroid dienone is 2. The molecule has 4 N–H and O–H groups in total. The Morgan fingerprint density at radius 1 is 0.919 bits per heavy atom. The first-order valence-corrected chi connectivity index (χ1v) is 14.7. The monoisotopic (exact) mass is 536 g/mol. The Morgan fingerprint density at radius 3 is 2.19 bits per heavy atom. The van der Waals surface area contributed by atoms with Gasteiger partial charge in [-0.25, -0.2) is 0 Å². The van der Waals surface area contributed by atoms with Gasteiger partial charge in [-0.1, -0.05) is 38.8 Å². The smallest absolute Gasteiger partial charge is 0.312 e. The van der Waals surface area contributed by atoms with Crippen molar-refractivity contribution in [2.24, 2.45) is 50.7 Å². The number of carboxylic acid groups (broad SMARTS) is 2. The molecule has 3 fully saturated rings. The largest absolute Gasteiger partial charge is 0.481 e. The standard InChI is InChI=1S/C30H45ClO6/c1-26(2)10-11-30(25(36)37)9-6-17-22(18(30)13-26)16(15-31)12-21-27(17,3)8-7-20-28(21,4)14-19(32)23(33)29(20,5)24(34)35/h16,18-21,23,32-33H,6-15H2,1-5H3,(H,34,35)(H,36,37)/t16-,18-,19+,20+,21+,23+,27+,28+,29+,30-/m1/s1. The molecule has 0 aromatic rings. The first kappa shape index (κ1) is 27.5. The summed E-state index contributed by atoms with van der Waals surface area (Å²) in [5, 5.41) is 42.7. The van der Waals surface area contributed by atoms with Crippen LogP contribution in [-0.4, -0.2) is 50.5 Å². The molecule has 3 saturated carbocycles. The summed E-state index contributed by atoms with van der Waals surface area (Å²) in [6, 6.07) is 0. The van der Waals surface area contributed by atoms with Gasteiger partial charge in [0.15, 0.2) is 0 Å². The van der Waals surface area contributed by atoms with Crippen molar-refractivity contribution in [1.82, 2.24) is 0 Å². The minimum Gasteiger partial charge on any atom is -0.481 e. The highest BCUT2D eigenvalue weighted by atomic mass is 35.5. The molecule has 37 heavy (non-hydrogen) atoms. The normalized spacial score (nSPS) is 50.8. The van der Waals surface area contributed by atoms with Gasteiger partial charge < -0.3 is 20.4 Å². The number of hydrogen-bond donors (Lipinski definition) is 4. The van der Waals surface area contributed by atoms with Gasteiger partial charge in [0.05, 0.1) is 23.0 Å². The molecular formula is C30H45ClO6. The number of halogens is 1. The first-order valence-electron chi connectivity index (χ1n) is 14.2. The highest BCUT2D eigenvalue weighted by Gasteiger charge is 2.69. The average molecular weight is 537 g/mol. The molecule has 0 radical (unpaired) electrons. The summed E-state index contributed by atoms with van der Waals surface area (Å²) < 4.78 is 0. The molecule has 0 unspecified atom stereocenters. The third-order valence-corrected chi connectivity index (χ3v) is 13.0. The Morgan fingerprint density at radius 2 is 1.59 bits per heavy atom. The number of alkyl halides is 1. The van der Waals surface area contributed by atoms with E-state index in [0.717, 1.165) is 32.1 Å². The van der Waals surface area contributed by atoms with Crippen molar-refractivity contribution >= 4 is 23.5 Å². The van der Waals surface area contributed by atoms with E-state index in [1.54, 1.807) is 6.92 Å². The third kappa shape index (κ3) is 3.50. The second-order valence-electron chi connectivity index (χ2n) is 14.8. The van der Waals surface area contributed by atoms with Gasteiger partial charge in [0.2, 0.25) is 0 Å². The number of carbonyl (C=O) groups is 2. The Balaban J connectivity index is 1.65. The molecule has 0 aliphatic heterocycles. The van der Waals surface area contributed by atoms with Gasteiger partial charge >= 0.3 is 11.9 Å². The lowest BCUT2D eigenvalue weighted by Gasteiger charge is -2.67. The Bertz CT molecular complexity index is 1040. The van der Waals surface area contributed by atoms with E-state index in [4.69, 9.17) is 11.6 Å². The van der Waals surface area contributed by atoms with Crippen LogP contribution in [0.1, 0.15) is 92.4 Å². The van der Waals surface area contributed by atoms with E-state index in [9.17, 15) is 30.0 Å². The minimum atomic E-state index is -1.42. The topological polar surface area (TPSA) is 115 Å². The van der Waals surface area contributed by atoms with Crippen molar-refractivity contribution in [1.29, 1.82) is 0 Å². The molecule has 0 saturated heterocycles. The zero-order chi connectivity index (χ0) is 27.3. The van der Waals surface area contributed by atoms with Crippen LogP contribution in [-0.2, 0) is 9.59 Å². The SMILES string of the molecule is CC1(C)CC[C@]2(C(=O)O)CCC3=C([C@@H](CCl)C[C@@H]4[C@@]5(C)C[C@H](O)[C@H](O)[C@@](C)(C(=O)O)[C@H]5CC[C@@]34C)[C@H]2C1. The highest BCUT2D eigenvalue weighted by Crippen LogP contribution is 2.72. The Labute approximate surface area is 225 Å². The van der Waals surface area contributed by atoms with E-state index in [1.165, 1.54) is 11.1 Å². The predicted molar refractivity (Wildman–Crippen MR) is 141 cm³/mol. The van der Waals surface area contributed by atoms with Crippen molar-refractivity contribution in [3.63, 3.8) is 0 Å². The number of aliphatic hydroxyl groups excluding tert-OH is 2. The summed E-state index contributed by atoms with van der Waals surface area (Å²) in [5.41, 5.74) is -0.0655. The lowest BCUT2D eigenvalue weighted by molar-refractivity contribution is -0.225. The van der Waals surface area contributed by atoms with Crippen molar-refractivity contribution in [3.8, 4) is 0 Å². The van der Waals surface area contributed by atoms with Crippen molar-refractivity contribution in [2.75, 3.05) is 5.88 Å². The fourth-order valence-corrected chi connectivity index (χ4v) is 10.9. The fourth-order valence-electron chi connectivity index (χ4n) is 10.6. The highest BCUT2D eigenvalue weighted by molar-refractivity contribution is 6.18. The third-order valence-electron chi connectivity index (χ3n) is 12.6. The molecule has 5 aliphatic rings. The van der Waals surface area contributed by atoms with E-state index in [2.05, 4.69) is 27.7 Å². The summed E-state index contributed by atoms with van der Waals surface area (Å²) >= 11 is 6.72. The van der Waals surface area contributed by atoms with Crippen LogP contribution < -0.4 is 0 Å². The number of aliphatic hydroxyl groups is 2. The molecule has 0 amide bonds. The van der Waals surface area contributed by atoms with Crippen molar-refractivity contribution < 1.29 is 30.0 Å². The summed E-state index contributed by atoms with van der Waals surface area (Å²) in [6.45, 7) is 10.6. The van der Waals surface area contributed by atoms with E-state index in [-0.39, 0.29) is 34.5 Å². The lowest BCUT2D eigenvalue weighted by atomic mass is 9.37. The van der Waals surface area contributed by atoms with Crippen LogP contribution in [0, 0.1) is 50.7 Å². The molecule has 5 aliphatic carbocycles. The van der Waals surface area contributed by atoms with E-state index in [0.29, 0.717) is 31.6 Å². The van der Waals surface area contributed by atoms with Crippen LogP contribution in [0.25, 0.3) is 0 Å². The zero-order valence-corrected chi connectivity index (χ0v) is 23.8. The average Bonchev–Trinajstić information content (AvgIpc) is 2.81. The molecule has 0 aromatic carbocycles. The molecule has 0 spiro atoms. The molecule has 6 nitrogen and oxygen atoms in total. The number of fused-ring (bicyclic) bond motifs is 6. The van der Waals surface area contributed by atoms with Crippen LogP contribution in [0.2, 0.25) is 0 Å². The number of aliphatic carboxylic acids is 2. The van der Waals surface area contributed by atoms with Gasteiger partial charge in [0.1, 0.15) is 0 Å². The summed E-state index contributed by atoms with van der Waals surface area (Å²) in [4.78, 5) is 25.4. The lowest BCUT2D eigenvalue weighted by Crippen LogP contribution is -2.67. The second kappa shape index (κ2) is 8.44. The van der Waals surface area contributed by atoms with Crippen LogP contribution in [0.3, 0.4) is 0 Å². The Hall–Kier alpha value is -1.11. The molecular weight excluding hydrogens is 492 g/mol. The predicted octanol–water partition coefficient (Wildman–Crippen LogP) is 5.49. The first-order chi connectivity index (χ1) is 17.1. The zero-order valence-electron chi connectivity index (χ0n) is 23.0. The van der Waals surface area contributed by atoms with Gasteiger partial charge in [-0.3, -0.25) is 9.59 Å². The van der Waals surface area contributed by atoms with Gasteiger partial charge in [-0.05, 0) is 105 Å².